The lowest BCUT2D eigenvalue weighted by molar-refractivity contribution is 0.592. The molecular weight excluding hydrogens is 296 g/mol. The molecule has 0 amide bonds. The Morgan fingerprint density at radius 1 is 1.09 bits per heavy atom. The second-order valence-corrected chi connectivity index (χ2v) is 7.78. The Morgan fingerprint density at radius 2 is 1.68 bits per heavy atom. The molecule has 3 atom stereocenters. The largest absolute Gasteiger partial charge is 0.312 e. The zero-order valence-corrected chi connectivity index (χ0v) is 12.9. The van der Waals surface area contributed by atoms with Gasteiger partial charge in [-0.1, -0.05) is 48.0 Å². The van der Waals surface area contributed by atoms with Gasteiger partial charge in [-0.2, -0.15) is 5.26 Å². The van der Waals surface area contributed by atoms with Crippen LogP contribution in [-0.4, -0.2) is 19.2 Å². The number of nitrogens with zero attached hydrogens (tertiary/aromatic N) is 1. The minimum absolute atomic E-state index is 0.208. The highest BCUT2D eigenvalue weighted by Gasteiger charge is 2.70. The number of nitrogens with two attached hydrogens (primary N) is 1. The molecule has 1 saturated carbocycles. The molecule has 1 aliphatic rings. The van der Waals surface area contributed by atoms with Crippen LogP contribution in [0.5, 0.6) is 0 Å². The molecule has 2 aromatic carbocycles. The quantitative estimate of drug-likeness (QED) is 0.941. The van der Waals surface area contributed by atoms with E-state index in [1.807, 2.05) is 37.3 Å². The number of benzene rings is 2. The summed E-state index contributed by atoms with van der Waals surface area (Å²) in [6, 6.07) is 17.7. The topological polar surface area (TPSA) is 83.9 Å². The number of hydrogen-bond acceptors (Lipinski definition) is 4. The highest BCUT2D eigenvalue weighted by molar-refractivity contribution is 7.92. The van der Waals surface area contributed by atoms with Crippen molar-refractivity contribution in [2.75, 3.05) is 0 Å². The van der Waals surface area contributed by atoms with Crippen molar-refractivity contribution >= 4 is 9.84 Å². The van der Waals surface area contributed by atoms with Crippen LogP contribution in [0, 0.1) is 18.3 Å². The van der Waals surface area contributed by atoms with Crippen LogP contribution in [0.3, 0.4) is 0 Å². The van der Waals surface area contributed by atoms with Crippen LogP contribution >= 0.6 is 0 Å². The molecule has 0 bridgehead atoms. The smallest absolute Gasteiger partial charge is 0.184 e. The molecule has 112 valence electrons. The third-order valence-corrected chi connectivity index (χ3v) is 6.48. The summed E-state index contributed by atoms with van der Waals surface area (Å²) in [6.07, 6.45) is 0. The molecule has 0 spiro atoms. The fraction of sp³-hybridized carbons (Fsp3) is 0.235. The first-order valence-electron chi connectivity index (χ1n) is 6.97. The molecular formula is C17H16N2O2S. The maximum atomic E-state index is 12.8. The molecule has 5 heteroatoms. The molecule has 0 unspecified atom stereocenters. The van der Waals surface area contributed by atoms with Crippen molar-refractivity contribution in [3.8, 4) is 6.07 Å². The van der Waals surface area contributed by atoms with E-state index in [-0.39, 0.29) is 4.90 Å². The lowest BCUT2D eigenvalue weighted by Gasteiger charge is -2.04. The summed E-state index contributed by atoms with van der Waals surface area (Å²) in [7, 11) is -3.64. The molecule has 0 saturated heterocycles. The average molecular weight is 312 g/mol. The molecule has 1 aliphatic carbocycles. The summed E-state index contributed by atoms with van der Waals surface area (Å²) in [4.78, 5) is 0.208. The van der Waals surface area contributed by atoms with Crippen molar-refractivity contribution in [1.29, 1.82) is 5.26 Å². The predicted octanol–water partition coefficient (Wildman–Crippen LogP) is 2.16. The van der Waals surface area contributed by atoms with E-state index in [2.05, 4.69) is 0 Å². The zero-order chi connectivity index (χ0) is 16.0. The van der Waals surface area contributed by atoms with Crippen molar-refractivity contribution in [3.63, 3.8) is 0 Å². The van der Waals surface area contributed by atoms with Crippen molar-refractivity contribution in [2.24, 2.45) is 5.73 Å². The fourth-order valence-electron chi connectivity index (χ4n) is 2.92. The van der Waals surface area contributed by atoms with Gasteiger partial charge in [0, 0.05) is 5.92 Å². The van der Waals surface area contributed by atoms with Crippen molar-refractivity contribution in [2.45, 2.75) is 28.5 Å². The lowest BCUT2D eigenvalue weighted by atomic mass is 10.1. The van der Waals surface area contributed by atoms with Gasteiger partial charge in [0.1, 0.15) is 10.8 Å². The Balaban J connectivity index is 2.04. The van der Waals surface area contributed by atoms with E-state index in [4.69, 9.17) is 5.73 Å². The van der Waals surface area contributed by atoms with Gasteiger partial charge in [-0.15, -0.1) is 0 Å². The second kappa shape index (κ2) is 4.94. The van der Waals surface area contributed by atoms with Crippen molar-refractivity contribution in [3.05, 3.63) is 65.7 Å². The predicted molar refractivity (Wildman–Crippen MR) is 83.9 cm³/mol. The van der Waals surface area contributed by atoms with Gasteiger partial charge in [0.25, 0.3) is 0 Å². The van der Waals surface area contributed by atoms with Gasteiger partial charge in [0.2, 0.25) is 0 Å². The van der Waals surface area contributed by atoms with Gasteiger partial charge >= 0.3 is 0 Å². The van der Waals surface area contributed by atoms with Crippen molar-refractivity contribution < 1.29 is 8.42 Å². The Bertz CT molecular complexity index is 838. The van der Waals surface area contributed by atoms with Gasteiger partial charge in [0.15, 0.2) is 9.84 Å². The first-order valence-corrected chi connectivity index (χ1v) is 8.51. The molecule has 3 rings (SSSR count). The number of hydrogen-bond donors (Lipinski definition) is 1. The van der Waals surface area contributed by atoms with Crippen LogP contribution in [-0.2, 0) is 9.84 Å². The molecule has 0 aromatic heterocycles. The van der Waals surface area contributed by atoms with Gasteiger partial charge < -0.3 is 5.73 Å². The summed E-state index contributed by atoms with van der Waals surface area (Å²) in [5.41, 5.74) is 6.58. The summed E-state index contributed by atoms with van der Waals surface area (Å²) < 4.78 is 25.6. The second-order valence-electron chi connectivity index (χ2n) is 5.71. The molecule has 0 aliphatic heterocycles. The van der Waals surface area contributed by atoms with Gasteiger partial charge in [-0.25, -0.2) is 8.42 Å². The van der Waals surface area contributed by atoms with Gasteiger partial charge in [-0.05, 0) is 24.6 Å². The lowest BCUT2D eigenvalue weighted by Crippen LogP contribution is -2.29. The van der Waals surface area contributed by atoms with E-state index in [0.717, 1.165) is 11.1 Å². The van der Waals surface area contributed by atoms with E-state index >= 15 is 0 Å². The van der Waals surface area contributed by atoms with Gasteiger partial charge in [0.05, 0.1) is 11.0 Å². The summed E-state index contributed by atoms with van der Waals surface area (Å²) >= 11 is 0. The summed E-state index contributed by atoms with van der Waals surface area (Å²) in [6.45, 7) is 1.95. The fourth-order valence-corrected chi connectivity index (χ4v) is 5.13. The SMILES string of the molecule is Cc1ccc([C@@H]2[C@@H](S(=O)(=O)c3ccccc3)[C@@]2(N)C#N)cc1. The molecule has 2 N–H and O–H groups in total. The molecule has 4 nitrogen and oxygen atoms in total. The van der Waals surface area contributed by atoms with E-state index in [1.54, 1.807) is 18.2 Å². The number of sulfone groups is 1. The Labute approximate surface area is 130 Å². The number of nitriles is 1. The maximum absolute atomic E-state index is 12.8. The highest BCUT2D eigenvalue weighted by atomic mass is 32.2. The van der Waals surface area contributed by atoms with Crippen LogP contribution in [0.25, 0.3) is 0 Å². The van der Waals surface area contributed by atoms with Crippen molar-refractivity contribution in [1.82, 2.24) is 0 Å². The highest BCUT2D eigenvalue weighted by Crippen LogP contribution is 2.55. The molecule has 0 heterocycles. The third kappa shape index (κ3) is 2.12. The molecule has 1 fully saturated rings. The monoisotopic (exact) mass is 312 g/mol. The Kier molecular flexibility index (Phi) is 3.32. The molecule has 2 aromatic rings. The minimum Gasteiger partial charge on any atom is -0.312 e. The normalized spacial score (nSPS) is 27.1. The maximum Gasteiger partial charge on any atom is 0.184 e. The van der Waals surface area contributed by atoms with Crippen LogP contribution in [0.2, 0.25) is 0 Å². The summed E-state index contributed by atoms with van der Waals surface area (Å²) in [5.74, 6) is -0.497. The van der Waals surface area contributed by atoms with Crippen LogP contribution in [0.1, 0.15) is 17.0 Å². The minimum atomic E-state index is -3.64. The van der Waals surface area contributed by atoms with E-state index < -0.39 is 26.5 Å². The first-order chi connectivity index (χ1) is 10.4. The van der Waals surface area contributed by atoms with Gasteiger partial charge in [-0.3, -0.25) is 0 Å². The Morgan fingerprint density at radius 3 is 2.23 bits per heavy atom. The number of aryl methyl sites for hydroxylation is 1. The first kappa shape index (κ1) is 14.8. The standard InChI is InChI=1S/C17H16N2O2S/c1-12-7-9-13(10-8-12)15-16(17(15,19)11-18)22(20,21)14-5-3-2-4-6-14/h2-10,15-16H,19H2,1H3/t15-,16-,17-/m1/s1. The van der Waals surface area contributed by atoms with Crippen LogP contribution in [0.15, 0.2) is 59.5 Å². The third-order valence-electron chi connectivity index (χ3n) is 4.22. The molecule has 0 radical (unpaired) electrons. The number of rotatable bonds is 3. The van der Waals surface area contributed by atoms with E-state index in [9.17, 15) is 13.7 Å². The van der Waals surface area contributed by atoms with E-state index in [0.29, 0.717) is 0 Å². The molecule has 22 heavy (non-hydrogen) atoms. The van der Waals surface area contributed by atoms with Crippen LogP contribution in [0.4, 0.5) is 0 Å². The van der Waals surface area contributed by atoms with E-state index in [1.165, 1.54) is 12.1 Å². The Hall–Kier alpha value is -2.16. The summed E-state index contributed by atoms with van der Waals surface area (Å²) in [5, 5.41) is 8.49. The van der Waals surface area contributed by atoms with Crippen LogP contribution < -0.4 is 5.73 Å². The average Bonchev–Trinajstić information content (AvgIpc) is 3.17. The zero-order valence-electron chi connectivity index (χ0n) is 12.1.